The van der Waals surface area contributed by atoms with Gasteiger partial charge in [0.15, 0.2) is 0 Å². The number of carboxylic acid groups (broad SMARTS) is 1. The van der Waals surface area contributed by atoms with Crippen molar-refractivity contribution in [2.75, 3.05) is 13.1 Å². The van der Waals surface area contributed by atoms with Crippen LogP contribution in [0.3, 0.4) is 0 Å². The van der Waals surface area contributed by atoms with Gasteiger partial charge >= 0.3 is 5.97 Å². The van der Waals surface area contributed by atoms with Gasteiger partial charge in [0.1, 0.15) is 5.76 Å². The minimum absolute atomic E-state index is 0.0475. The summed E-state index contributed by atoms with van der Waals surface area (Å²) in [5.41, 5.74) is 1.02. The van der Waals surface area contributed by atoms with Gasteiger partial charge in [-0.15, -0.1) is 0 Å². The molecule has 2 heterocycles. The van der Waals surface area contributed by atoms with Crippen LogP contribution in [0.15, 0.2) is 16.7 Å². The Hall–Kier alpha value is -1.29. The third-order valence-electron chi connectivity index (χ3n) is 2.83. The zero-order valence-corrected chi connectivity index (χ0v) is 7.99. The van der Waals surface area contributed by atoms with Crippen LogP contribution in [0.5, 0.6) is 0 Å². The Labute approximate surface area is 81.9 Å². The summed E-state index contributed by atoms with van der Waals surface area (Å²) in [6.45, 7) is 3.13. The van der Waals surface area contributed by atoms with E-state index in [4.69, 9.17) is 9.52 Å². The largest absolute Gasteiger partial charge is 0.481 e. The molecule has 1 aromatic rings. The first kappa shape index (κ1) is 9.27. The van der Waals surface area contributed by atoms with Crippen LogP contribution >= 0.6 is 0 Å². The van der Waals surface area contributed by atoms with Crippen molar-refractivity contribution < 1.29 is 14.3 Å². The number of rotatable bonds is 2. The van der Waals surface area contributed by atoms with Crippen molar-refractivity contribution in [2.45, 2.75) is 12.8 Å². The maximum atomic E-state index is 10.9. The molecule has 2 N–H and O–H groups in total. The molecule has 1 aliphatic rings. The average molecular weight is 195 g/mol. The van der Waals surface area contributed by atoms with Crippen LogP contribution in [0.2, 0.25) is 0 Å². The third kappa shape index (κ3) is 1.42. The molecule has 0 aliphatic carbocycles. The van der Waals surface area contributed by atoms with E-state index >= 15 is 0 Å². The fourth-order valence-electron chi connectivity index (χ4n) is 2.04. The Morgan fingerprint density at radius 2 is 2.43 bits per heavy atom. The van der Waals surface area contributed by atoms with E-state index in [0.29, 0.717) is 6.54 Å². The summed E-state index contributed by atoms with van der Waals surface area (Å²) >= 11 is 0. The average Bonchev–Trinajstić information content (AvgIpc) is 2.70. The predicted octanol–water partition coefficient (Wildman–Crippen LogP) is 0.976. The number of aryl methyl sites for hydroxylation is 1. The molecule has 0 radical (unpaired) electrons. The SMILES string of the molecule is Cc1occc1C1CNCC1C(=O)O. The lowest BCUT2D eigenvalue weighted by molar-refractivity contribution is -0.141. The van der Waals surface area contributed by atoms with Crippen LogP contribution in [0.1, 0.15) is 17.2 Å². The number of carboxylic acids is 1. The smallest absolute Gasteiger partial charge is 0.308 e. The Morgan fingerprint density at radius 3 is 3.00 bits per heavy atom. The zero-order chi connectivity index (χ0) is 10.1. The molecule has 4 nitrogen and oxygen atoms in total. The highest BCUT2D eigenvalue weighted by atomic mass is 16.4. The molecule has 14 heavy (non-hydrogen) atoms. The van der Waals surface area contributed by atoms with Gasteiger partial charge in [0, 0.05) is 19.0 Å². The Morgan fingerprint density at radius 1 is 1.64 bits per heavy atom. The van der Waals surface area contributed by atoms with Crippen LogP contribution in [-0.2, 0) is 4.79 Å². The standard InChI is InChI=1S/C10H13NO3/c1-6-7(2-3-14-6)8-4-11-5-9(8)10(12)13/h2-3,8-9,11H,4-5H2,1H3,(H,12,13). The summed E-state index contributed by atoms with van der Waals surface area (Å²) in [4.78, 5) is 10.9. The fraction of sp³-hybridized carbons (Fsp3) is 0.500. The van der Waals surface area contributed by atoms with E-state index in [1.54, 1.807) is 6.26 Å². The first-order chi connectivity index (χ1) is 6.70. The molecule has 2 rings (SSSR count). The highest BCUT2D eigenvalue weighted by Gasteiger charge is 2.35. The lowest BCUT2D eigenvalue weighted by Gasteiger charge is -2.13. The van der Waals surface area contributed by atoms with Crippen molar-refractivity contribution in [1.82, 2.24) is 5.32 Å². The van der Waals surface area contributed by atoms with Crippen LogP contribution < -0.4 is 5.32 Å². The van der Waals surface area contributed by atoms with E-state index in [1.165, 1.54) is 0 Å². The molecule has 1 aromatic heterocycles. The van der Waals surface area contributed by atoms with Crippen molar-refractivity contribution in [3.05, 3.63) is 23.7 Å². The Kier molecular flexibility index (Phi) is 2.29. The van der Waals surface area contributed by atoms with E-state index in [0.717, 1.165) is 17.9 Å². The molecule has 2 atom stereocenters. The summed E-state index contributed by atoms with van der Waals surface area (Å²) in [5, 5.41) is 12.1. The summed E-state index contributed by atoms with van der Waals surface area (Å²) in [5.74, 6) is -0.192. The normalized spacial score (nSPS) is 26.6. The summed E-state index contributed by atoms with van der Waals surface area (Å²) in [6.07, 6.45) is 1.61. The number of nitrogens with one attached hydrogen (secondary N) is 1. The second-order valence-corrected chi connectivity index (χ2v) is 3.64. The Balaban J connectivity index is 2.26. The molecular weight excluding hydrogens is 182 g/mol. The molecule has 4 heteroatoms. The van der Waals surface area contributed by atoms with Gasteiger partial charge in [-0.25, -0.2) is 0 Å². The first-order valence-corrected chi connectivity index (χ1v) is 4.67. The summed E-state index contributed by atoms with van der Waals surface area (Å²) < 4.78 is 5.18. The molecule has 0 bridgehead atoms. The lowest BCUT2D eigenvalue weighted by atomic mass is 9.89. The maximum Gasteiger partial charge on any atom is 0.308 e. The molecule has 0 saturated carbocycles. The van der Waals surface area contributed by atoms with E-state index in [9.17, 15) is 4.79 Å². The fourth-order valence-corrected chi connectivity index (χ4v) is 2.04. The molecule has 1 saturated heterocycles. The molecule has 2 unspecified atom stereocenters. The van der Waals surface area contributed by atoms with Crippen molar-refractivity contribution in [2.24, 2.45) is 5.92 Å². The van der Waals surface area contributed by atoms with Gasteiger partial charge in [-0.1, -0.05) is 0 Å². The van der Waals surface area contributed by atoms with Crippen LogP contribution in [-0.4, -0.2) is 24.2 Å². The van der Waals surface area contributed by atoms with Crippen molar-refractivity contribution >= 4 is 5.97 Å². The van der Waals surface area contributed by atoms with Gasteiger partial charge in [-0.05, 0) is 18.6 Å². The molecule has 1 fully saturated rings. The predicted molar refractivity (Wildman–Crippen MR) is 50.2 cm³/mol. The Bertz CT molecular complexity index is 345. The number of furan rings is 1. The van der Waals surface area contributed by atoms with Crippen molar-refractivity contribution in [3.63, 3.8) is 0 Å². The van der Waals surface area contributed by atoms with Gasteiger partial charge < -0.3 is 14.8 Å². The molecule has 0 amide bonds. The lowest BCUT2D eigenvalue weighted by Crippen LogP contribution is -2.21. The molecular formula is C10H13NO3. The van der Waals surface area contributed by atoms with Crippen LogP contribution in [0.25, 0.3) is 0 Å². The van der Waals surface area contributed by atoms with Crippen LogP contribution in [0.4, 0.5) is 0 Å². The highest BCUT2D eigenvalue weighted by Crippen LogP contribution is 2.30. The second kappa shape index (κ2) is 3.46. The zero-order valence-electron chi connectivity index (χ0n) is 7.99. The van der Waals surface area contributed by atoms with Gasteiger partial charge in [0.2, 0.25) is 0 Å². The maximum absolute atomic E-state index is 10.9. The number of hydrogen-bond acceptors (Lipinski definition) is 3. The van der Waals surface area contributed by atoms with Crippen LogP contribution in [0, 0.1) is 12.8 Å². The van der Waals surface area contributed by atoms with E-state index in [1.807, 2.05) is 13.0 Å². The quantitative estimate of drug-likeness (QED) is 0.738. The third-order valence-corrected chi connectivity index (χ3v) is 2.83. The van der Waals surface area contributed by atoms with E-state index in [2.05, 4.69) is 5.32 Å². The van der Waals surface area contributed by atoms with Crippen molar-refractivity contribution in [1.29, 1.82) is 0 Å². The minimum atomic E-state index is -0.736. The van der Waals surface area contributed by atoms with Gasteiger partial charge in [0.05, 0.1) is 12.2 Å². The molecule has 0 spiro atoms. The number of hydrogen-bond donors (Lipinski definition) is 2. The molecule has 0 aromatic carbocycles. The monoisotopic (exact) mass is 195 g/mol. The topological polar surface area (TPSA) is 62.5 Å². The van der Waals surface area contributed by atoms with E-state index < -0.39 is 5.97 Å². The molecule has 1 aliphatic heterocycles. The number of aliphatic carboxylic acids is 1. The second-order valence-electron chi connectivity index (χ2n) is 3.64. The van der Waals surface area contributed by atoms with E-state index in [-0.39, 0.29) is 11.8 Å². The summed E-state index contributed by atoms with van der Waals surface area (Å²) in [6, 6.07) is 1.86. The van der Waals surface area contributed by atoms with Gasteiger partial charge in [0.25, 0.3) is 0 Å². The molecule has 76 valence electrons. The summed E-state index contributed by atoms with van der Waals surface area (Å²) in [7, 11) is 0. The highest BCUT2D eigenvalue weighted by molar-refractivity contribution is 5.72. The van der Waals surface area contributed by atoms with Gasteiger partial charge in [-0.3, -0.25) is 4.79 Å². The van der Waals surface area contributed by atoms with Gasteiger partial charge in [-0.2, -0.15) is 0 Å². The minimum Gasteiger partial charge on any atom is -0.481 e. The van der Waals surface area contributed by atoms with Crippen molar-refractivity contribution in [3.8, 4) is 0 Å². The number of carbonyl (C=O) groups is 1. The first-order valence-electron chi connectivity index (χ1n) is 4.67.